The lowest BCUT2D eigenvalue weighted by Gasteiger charge is -2.34. The van der Waals surface area contributed by atoms with E-state index in [0.717, 1.165) is 0 Å². The first-order valence-corrected chi connectivity index (χ1v) is 9.82. The van der Waals surface area contributed by atoms with E-state index in [-0.39, 0.29) is 42.7 Å². The van der Waals surface area contributed by atoms with Crippen molar-refractivity contribution in [2.75, 3.05) is 39.3 Å². The number of piperazine rings is 1. The van der Waals surface area contributed by atoms with E-state index in [1.165, 1.54) is 11.0 Å². The zero-order valence-corrected chi connectivity index (χ0v) is 16.8. The third kappa shape index (κ3) is 5.64. The van der Waals surface area contributed by atoms with Crippen molar-refractivity contribution < 1.29 is 29.2 Å². The molecule has 31 heavy (non-hydrogen) atoms. The number of carbonyl (C=O) groups excluding carboxylic acids is 2. The Morgan fingerprint density at radius 2 is 2.13 bits per heavy atom. The first-order chi connectivity index (χ1) is 14.7. The lowest BCUT2D eigenvalue weighted by atomic mass is 9.72. The number of aromatic carboxylic acids is 1. The SMILES string of the molecule is N=C(N)NCCN1CCN(CC(=O)NC2Cc3cccc(C(=O)O)c3OB2O)C(=O)C1. The smallest absolute Gasteiger partial charge is 0.534 e. The number of para-hydroxylation sites is 1. The van der Waals surface area contributed by atoms with Gasteiger partial charge in [0.05, 0.1) is 24.6 Å². The number of rotatable bonds is 7. The van der Waals surface area contributed by atoms with E-state index in [1.807, 2.05) is 4.90 Å². The summed E-state index contributed by atoms with van der Waals surface area (Å²) < 4.78 is 5.36. The maximum Gasteiger partial charge on any atom is 0.547 e. The van der Waals surface area contributed by atoms with Crippen LogP contribution in [0.2, 0.25) is 0 Å². The van der Waals surface area contributed by atoms with Crippen molar-refractivity contribution in [2.45, 2.75) is 12.4 Å². The lowest BCUT2D eigenvalue weighted by Crippen LogP contribution is -2.57. The Labute approximate surface area is 179 Å². The molecule has 1 aromatic carbocycles. The van der Waals surface area contributed by atoms with Gasteiger partial charge in [-0.15, -0.1) is 0 Å². The van der Waals surface area contributed by atoms with Gasteiger partial charge in [0.25, 0.3) is 0 Å². The van der Waals surface area contributed by atoms with E-state index < -0.39 is 24.9 Å². The highest BCUT2D eigenvalue weighted by Gasteiger charge is 2.38. The van der Waals surface area contributed by atoms with E-state index in [2.05, 4.69) is 10.6 Å². The summed E-state index contributed by atoms with van der Waals surface area (Å²) in [6.07, 6.45) is 0.203. The summed E-state index contributed by atoms with van der Waals surface area (Å²) in [5, 5.41) is 32.0. The molecule has 12 nitrogen and oxygen atoms in total. The molecule has 2 aliphatic rings. The number of nitrogens with one attached hydrogen (secondary N) is 3. The minimum atomic E-state index is -1.40. The van der Waals surface area contributed by atoms with E-state index in [4.69, 9.17) is 15.8 Å². The molecular formula is C18H25BN6O6. The molecule has 1 saturated heterocycles. The first-order valence-electron chi connectivity index (χ1n) is 9.82. The van der Waals surface area contributed by atoms with Gasteiger partial charge in [-0.2, -0.15) is 0 Å². The number of fused-ring (bicyclic) bond motifs is 1. The maximum atomic E-state index is 12.5. The Morgan fingerprint density at radius 3 is 2.81 bits per heavy atom. The molecule has 2 amide bonds. The summed E-state index contributed by atoms with van der Waals surface area (Å²) in [7, 11) is -1.40. The predicted octanol–water partition coefficient (Wildman–Crippen LogP) is -2.55. The summed E-state index contributed by atoms with van der Waals surface area (Å²) >= 11 is 0. The zero-order chi connectivity index (χ0) is 22.5. The van der Waals surface area contributed by atoms with Gasteiger partial charge in [-0.1, -0.05) is 12.1 Å². The van der Waals surface area contributed by atoms with Crippen LogP contribution in [0.1, 0.15) is 15.9 Å². The predicted molar refractivity (Wildman–Crippen MR) is 111 cm³/mol. The minimum Gasteiger partial charge on any atom is -0.534 e. The molecule has 0 spiro atoms. The second kappa shape index (κ2) is 9.66. The fourth-order valence-electron chi connectivity index (χ4n) is 3.61. The molecule has 3 rings (SSSR count). The summed E-state index contributed by atoms with van der Waals surface area (Å²) in [4.78, 5) is 39.5. The number of benzene rings is 1. The van der Waals surface area contributed by atoms with Crippen LogP contribution in [0.4, 0.5) is 0 Å². The van der Waals surface area contributed by atoms with Crippen molar-refractivity contribution in [1.29, 1.82) is 5.41 Å². The highest BCUT2D eigenvalue weighted by Crippen LogP contribution is 2.30. The third-order valence-corrected chi connectivity index (χ3v) is 5.17. The number of guanidine groups is 1. The fourth-order valence-corrected chi connectivity index (χ4v) is 3.61. The quantitative estimate of drug-likeness (QED) is 0.154. The van der Waals surface area contributed by atoms with Crippen LogP contribution in [0.25, 0.3) is 0 Å². The van der Waals surface area contributed by atoms with Crippen LogP contribution >= 0.6 is 0 Å². The van der Waals surface area contributed by atoms with Crippen LogP contribution in [0.3, 0.4) is 0 Å². The Kier molecular flexibility index (Phi) is 6.97. The average molecular weight is 432 g/mol. The van der Waals surface area contributed by atoms with Crippen molar-refractivity contribution in [3.05, 3.63) is 29.3 Å². The fraction of sp³-hybridized carbons (Fsp3) is 0.444. The Bertz CT molecular complexity index is 883. The van der Waals surface area contributed by atoms with Crippen molar-refractivity contribution in [1.82, 2.24) is 20.4 Å². The molecule has 2 aliphatic heterocycles. The summed E-state index contributed by atoms with van der Waals surface area (Å²) in [5.41, 5.74) is 5.74. The largest absolute Gasteiger partial charge is 0.547 e. The Hall–Kier alpha value is -3.32. The first kappa shape index (κ1) is 22.4. The van der Waals surface area contributed by atoms with Gasteiger partial charge in [-0.25, -0.2) is 4.79 Å². The maximum absolute atomic E-state index is 12.5. The van der Waals surface area contributed by atoms with Crippen molar-refractivity contribution in [3.63, 3.8) is 0 Å². The molecular weight excluding hydrogens is 407 g/mol. The van der Waals surface area contributed by atoms with Gasteiger partial charge in [0.2, 0.25) is 11.8 Å². The lowest BCUT2D eigenvalue weighted by molar-refractivity contribution is -0.140. The summed E-state index contributed by atoms with van der Waals surface area (Å²) in [6, 6.07) is 4.64. The topological polar surface area (TPSA) is 181 Å². The molecule has 2 heterocycles. The molecule has 1 unspecified atom stereocenters. The van der Waals surface area contributed by atoms with Gasteiger partial charge in [0, 0.05) is 26.2 Å². The van der Waals surface area contributed by atoms with Crippen LogP contribution in [-0.2, 0) is 16.0 Å². The minimum absolute atomic E-state index is 0.0525. The van der Waals surface area contributed by atoms with E-state index in [9.17, 15) is 24.5 Å². The van der Waals surface area contributed by atoms with Crippen LogP contribution in [0.15, 0.2) is 18.2 Å². The Balaban J connectivity index is 1.51. The van der Waals surface area contributed by atoms with E-state index in [1.54, 1.807) is 12.1 Å². The van der Waals surface area contributed by atoms with Gasteiger partial charge in [0.1, 0.15) is 5.75 Å². The highest BCUT2D eigenvalue weighted by atomic mass is 16.5. The van der Waals surface area contributed by atoms with E-state index in [0.29, 0.717) is 31.7 Å². The molecule has 7 N–H and O–H groups in total. The number of carboxylic acids is 1. The molecule has 0 saturated carbocycles. The van der Waals surface area contributed by atoms with Gasteiger partial charge in [-0.3, -0.25) is 19.9 Å². The van der Waals surface area contributed by atoms with Crippen LogP contribution in [0.5, 0.6) is 5.75 Å². The number of nitrogens with two attached hydrogens (primary N) is 1. The Morgan fingerprint density at radius 1 is 1.35 bits per heavy atom. The van der Waals surface area contributed by atoms with E-state index >= 15 is 0 Å². The molecule has 0 aliphatic carbocycles. The van der Waals surface area contributed by atoms with Crippen molar-refractivity contribution >= 4 is 30.9 Å². The molecule has 0 aromatic heterocycles. The molecule has 166 valence electrons. The van der Waals surface area contributed by atoms with Crippen LogP contribution < -0.4 is 21.0 Å². The number of carboxylic acid groups (broad SMARTS) is 1. The van der Waals surface area contributed by atoms with Gasteiger partial charge >= 0.3 is 13.1 Å². The number of carbonyl (C=O) groups is 3. The summed E-state index contributed by atoms with van der Waals surface area (Å²) in [6.45, 7) is 1.97. The van der Waals surface area contributed by atoms with Gasteiger partial charge < -0.3 is 36.1 Å². The number of hydrogen-bond donors (Lipinski definition) is 6. The third-order valence-electron chi connectivity index (χ3n) is 5.17. The van der Waals surface area contributed by atoms with Gasteiger partial charge in [-0.05, 0) is 18.1 Å². The molecule has 0 bridgehead atoms. The monoisotopic (exact) mass is 432 g/mol. The molecule has 1 fully saturated rings. The van der Waals surface area contributed by atoms with Crippen LogP contribution in [-0.4, -0.2) is 96.0 Å². The number of nitrogens with zero attached hydrogens (tertiary/aromatic N) is 2. The molecule has 1 aromatic rings. The second-order valence-electron chi connectivity index (χ2n) is 7.42. The van der Waals surface area contributed by atoms with Crippen molar-refractivity contribution in [2.24, 2.45) is 5.73 Å². The standard InChI is InChI=1S/C18H25BN6O6/c20-18(21)22-4-5-24-6-7-25(15(27)10-24)9-14(26)23-13-8-11-2-1-3-12(17(28)29)16(11)31-19(13)30/h1-3,13,30H,4-10H2,(H,23,26)(H,28,29)(H4,20,21,22). The summed E-state index contributed by atoms with van der Waals surface area (Å²) in [5.74, 6) is -2.60. The number of hydrogen-bond acceptors (Lipinski definition) is 7. The molecule has 1 atom stereocenters. The van der Waals surface area contributed by atoms with Gasteiger partial charge in [0.15, 0.2) is 5.96 Å². The normalized spacial score (nSPS) is 18.7. The second-order valence-corrected chi connectivity index (χ2v) is 7.42. The zero-order valence-electron chi connectivity index (χ0n) is 16.8. The highest BCUT2D eigenvalue weighted by molar-refractivity contribution is 6.47. The average Bonchev–Trinajstić information content (AvgIpc) is 2.69. The number of amides is 2. The molecule has 0 radical (unpaired) electrons. The molecule has 13 heteroatoms. The van der Waals surface area contributed by atoms with Crippen molar-refractivity contribution in [3.8, 4) is 5.75 Å². The van der Waals surface area contributed by atoms with Crippen LogP contribution in [0, 0.1) is 5.41 Å².